The zero-order valence-electron chi connectivity index (χ0n) is 28.2. The second-order valence-corrected chi connectivity index (χ2v) is 12.9. The van der Waals surface area contributed by atoms with Gasteiger partial charge in [-0.15, -0.1) is 0 Å². The smallest absolute Gasteiger partial charge is 0.159 e. The molecule has 0 radical (unpaired) electrons. The summed E-state index contributed by atoms with van der Waals surface area (Å²) in [5.74, 6) is 0. The van der Waals surface area contributed by atoms with E-state index in [1.807, 2.05) is 12.1 Å². The first-order valence-electron chi connectivity index (χ1n) is 17.5. The SMILES string of the molecule is c1ccc(-c2cccc(N(c3ccc4oc5ccccc5c4c3)c3cccc4c3oc3cccc(N(c5ccccc5)c5ccccc5)c34)c2)cc1. The Morgan fingerprint density at radius 3 is 1.63 bits per heavy atom. The molecule has 0 aliphatic carbocycles. The number of nitrogens with zero attached hydrogens (tertiary/aromatic N) is 2. The van der Waals surface area contributed by atoms with Crippen LogP contribution in [0.5, 0.6) is 0 Å². The van der Waals surface area contributed by atoms with Gasteiger partial charge in [0.25, 0.3) is 0 Å². The van der Waals surface area contributed by atoms with E-state index < -0.39 is 0 Å². The second kappa shape index (κ2) is 12.4. The zero-order chi connectivity index (χ0) is 34.4. The van der Waals surface area contributed by atoms with Crippen molar-refractivity contribution in [1.29, 1.82) is 0 Å². The molecule has 4 heteroatoms. The molecule has 8 aromatic carbocycles. The lowest BCUT2D eigenvalue weighted by atomic mass is 10.0. The molecule has 0 N–H and O–H groups in total. The third kappa shape index (κ3) is 5.00. The van der Waals surface area contributed by atoms with E-state index in [4.69, 9.17) is 8.83 Å². The van der Waals surface area contributed by atoms with Gasteiger partial charge in [0.05, 0.1) is 16.8 Å². The lowest BCUT2D eigenvalue weighted by Gasteiger charge is -2.26. The average Bonchev–Trinajstić information content (AvgIpc) is 3.79. The van der Waals surface area contributed by atoms with Crippen molar-refractivity contribution in [1.82, 2.24) is 0 Å². The Bertz CT molecular complexity index is 2820. The first-order valence-corrected chi connectivity index (χ1v) is 17.5. The lowest BCUT2D eigenvalue weighted by Crippen LogP contribution is -2.10. The minimum absolute atomic E-state index is 0.813. The Morgan fingerprint density at radius 2 is 0.846 bits per heavy atom. The van der Waals surface area contributed by atoms with E-state index >= 15 is 0 Å². The first-order chi connectivity index (χ1) is 25.8. The molecular formula is C48H32N2O2. The fraction of sp³-hybridized carbons (Fsp3) is 0. The van der Waals surface area contributed by atoms with Crippen LogP contribution < -0.4 is 9.80 Å². The molecule has 0 fully saturated rings. The number of hydrogen-bond acceptors (Lipinski definition) is 4. The van der Waals surface area contributed by atoms with Crippen LogP contribution in [0.2, 0.25) is 0 Å². The van der Waals surface area contributed by atoms with Gasteiger partial charge in [-0.2, -0.15) is 0 Å². The van der Waals surface area contributed by atoms with Crippen molar-refractivity contribution in [2.45, 2.75) is 0 Å². The maximum absolute atomic E-state index is 6.94. The Morgan fingerprint density at radius 1 is 0.308 bits per heavy atom. The van der Waals surface area contributed by atoms with Crippen LogP contribution in [0.4, 0.5) is 34.1 Å². The summed E-state index contributed by atoms with van der Waals surface area (Å²) in [5, 5.41) is 4.25. The van der Waals surface area contributed by atoms with Crippen molar-refractivity contribution in [3.63, 3.8) is 0 Å². The average molecular weight is 669 g/mol. The van der Waals surface area contributed by atoms with Crippen LogP contribution in [-0.4, -0.2) is 0 Å². The molecule has 0 amide bonds. The number of benzene rings is 8. The fourth-order valence-corrected chi connectivity index (χ4v) is 7.49. The maximum atomic E-state index is 6.94. The van der Waals surface area contributed by atoms with E-state index in [-0.39, 0.29) is 0 Å². The highest BCUT2D eigenvalue weighted by atomic mass is 16.3. The van der Waals surface area contributed by atoms with Gasteiger partial charge in [-0.05, 0) is 90.0 Å². The Hall–Kier alpha value is -7.04. The van der Waals surface area contributed by atoms with Gasteiger partial charge in [0.2, 0.25) is 0 Å². The van der Waals surface area contributed by atoms with Crippen molar-refractivity contribution < 1.29 is 8.83 Å². The standard InChI is InChI=1S/C48H32N2O2/c1-4-15-33(16-5-1)34-17-12-22-37(31-34)50(38-29-30-45-41(32-38)39-23-10-11-27-44(39)51-45)43-26-13-24-40-47-42(25-14-28-46(47)52-48(40)43)49(35-18-6-2-7-19-35)36-20-8-3-9-21-36/h1-32H. The summed E-state index contributed by atoms with van der Waals surface area (Å²) in [5.41, 5.74) is 11.9. The highest BCUT2D eigenvalue weighted by molar-refractivity contribution is 6.17. The van der Waals surface area contributed by atoms with Gasteiger partial charge in [0.15, 0.2) is 5.58 Å². The van der Waals surface area contributed by atoms with E-state index in [0.717, 1.165) is 89.1 Å². The van der Waals surface area contributed by atoms with Crippen LogP contribution in [0, 0.1) is 0 Å². The monoisotopic (exact) mass is 668 g/mol. The molecule has 0 unspecified atom stereocenters. The maximum Gasteiger partial charge on any atom is 0.159 e. The van der Waals surface area contributed by atoms with Gasteiger partial charge in [-0.3, -0.25) is 0 Å². The molecule has 0 spiro atoms. The molecule has 4 nitrogen and oxygen atoms in total. The normalized spacial score (nSPS) is 11.5. The molecule has 0 atom stereocenters. The molecule has 52 heavy (non-hydrogen) atoms. The van der Waals surface area contributed by atoms with Gasteiger partial charge in [0.1, 0.15) is 16.7 Å². The fourth-order valence-electron chi connectivity index (χ4n) is 7.49. The highest BCUT2D eigenvalue weighted by Gasteiger charge is 2.24. The second-order valence-electron chi connectivity index (χ2n) is 12.9. The molecule has 246 valence electrons. The highest BCUT2D eigenvalue weighted by Crippen LogP contribution is 2.47. The molecule has 0 aliphatic heterocycles. The van der Waals surface area contributed by atoms with Gasteiger partial charge in [0, 0.05) is 38.9 Å². The van der Waals surface area contributed by atoms with Crippen LogP contribution in [0.3, 0.4) is 0 Å². The molecule has 0 saturated carbocycles. The molecular weight excluding hydrogens is 637 g/mol. The van der Waals surface area contributed by atoms with Crippen molar-refractivity contribution in [2.24, 2.45) is 0 Å². The van der Waals surface area contributed by atoms with E-state index in [9.17, 15) is 0 Å². The predicted molar refractivity (Wildman–Crippen MR) is 216 cm³/mol. The molecule has 10 aromatic rings. The number of hydrogen-bond donors (Lipinski definition) is 0. The molecule has 0 saturated heterocycles. The minimum atomic E-state index is 0.813. The Labute approximate surface area is 301 Å². The van der Waals surface area contributed by atoms with Crippen molar-refractivity contribution in [2.75, 3.05) is 9.80 Å². The van der Waals surface area contributed by atoms with Crippen LogP contribution in [-0.2, 0) is 0 Å². The molecule has 0 bridgehead atoms. The number of rotatable bonds is 7. The third-order valence-corrected chi connectivity index (χ3v) is 9.82. The van der Waals surface area contributed by atoms with Gasteiger partial charge >= 0.3 is 0 Å². The topological polar surface area (TPSA) is 32.8 Å². The summed E-state index contributed by atoms with van der Waals surface area (Å²) in [6, 6.07) is 67.8. The van der Waals surface area contributed by atoms with Crippen molar-refractivity contribution in [3.8, 4) is 11.1 Å². The third-order valence-electron chi connectivity index (χ3n) is 9.82. The van der Waals surface area contributed by atoms with E-state index in [1.54, 1.807) is 0 Å². The largest absolute Gasteiger partial charge is 0.456 e. The number of furan rings is 2. The summed E-state index contributed by atoms with van der Waals surface area (Å²) in [4.78, 5) is 4.62. The van der Waals surface area contributed by atoms with Crippen LogP contribution in [0.1, 0.15) is 0 Å². The van der Waals surface area contributed by atoms with Crippen LogP contribution in [0.15, 0.2) is 203 Å². The summed E-state index contributed by atoms with van der Waals surface area (Å²) < 4.78 is 13.2. The summed E-state index contributed by atoms with van der Waals surface area (Å²) in [7, 11) is 0. The molecule has 10 rings (SSSR count). The van der Waals surface area contributed by atoms with Crippen LogP contribution >= 0.6 is 0 Å². The number of anilines is 6. The van der Waals surface area contributed by atoms with Gasteiger partial charge in [-0.1, -0.05) is 115 Å². The molecule has 2 aromatic heterocycles. The van der Waals surface area contributed by atoms with E-state index in [1.165, 1.54) is 0 Å². The first kappa shape index (κ1) is 29.8. The molecule has 2 heterocycles. The zero-order valence-corrected chi connectivity index (χ0v) is 28.2. The summed E-state index contributed by atoms with van der Waals surface area (Å²) in [6.45, 7) is 0. The van der Waals surface area contributed by atoms with E-state index in [2.05, 4.69) is 192 Å². The summed E-state index contributed by atoms with van der Waals surface area (Å²) >= 11 is 0. The van der Waals surface area contributed by atoms with Crippen molar-refractivity contribution >= 4 is 78.0 Å². The summed E-state index contributed by atoms with van der Waals surface area (Å²) in [6.07, 6.45) is 0. The predicted octanol–water partition coefficient (Wildman–Crippen LogP) is 14.1. The molecule has 0 aliphatic rings. The van der Waals surface area contributed by atoms with E-state index in [0.29, 0.717) is 0 Å². The van der Waals surface area contributed by atoms with Gasteiger partial charge in [-0.25, -0.2) is 0 Å². The lowest BCUT2D eigenvalue weighted by molar-refractivity contribution is 0.669. The van der Waals surface area contributed by atoms with Gasteiger partial charge < -0.3 is 18.6 Å². The quantitative estimate of drug-likeness (QED) is 0.169. The Balaban J connectivity index is 1.23. The Kier molecular flexibility index (Phi) is 7.10. The number of fused-ring (bicyclic) bond motifs is 6. The minimum Gasteiger partial charge on any atom is -0.456 e. The van der Waals surface area contributed by atoms with Crippen LogP contribution in [0.25, 0.3) is 55.0 Å². The number of para-hydroxylation sites is 4. The van der Waals surface area contributed by atoms with Crippen molar-refractivity contribution in [3.05, 3.63) is 194 Å².